The molecule has 0 unspecified atom stereocenters. The van der Waals surface area contributed by atoms with Gasteiger partial charge in [-0.05, 0) is 42.8 Å². The standard InChI is InChI=1S/C24H20ClF3N2O4/c1-13-3-5-14(6-4-13)19(12-21(31)32)30-23(33)18-9-10-20(34-2)22(29-18)16-11-15(24(26,27)28)7-8-17(16)25/h3-11,19H,12H2,1-2H3,(H,30,33)(H,31,32)/t19-/m0/s1. The SMILES string of the molecule is COc1ccc(C(=O)N[C@@H](CC(=O)O)c2ccc(C)cc2)nc1-c1cc(C(F)(F)F)ccc1Cl. The number of nitrogens with zero attached hydrogens (tertiary/aromatic N) is 1. The number of carbonyl (C=O) groups excluding carboxylic acids is 1. The van der Waals surface area contributed by atoms with Gasteiger partial charge in [0.05, 0.1) is 30.2 Å². The van der Waals surface area contributed by atoms with Crippen LogP contribution < -0.4 is 10.1 Å². The monoisotopic (exact) mass is 492 g/mol. The number of aliphatic carboxylic acids is 1. The van der Waals surface area contributed by atoms with Crippen LogP contribution in [0.4, 0.5) is 13.2 Å². The Labute approximate surface area is 198 Å². The van der Waals surface area contributed by atoms with Crippen LogP contribution in [-0.2, 0) is 11.0 Å². The van der Waals surface area contributed by atoms with E-state index in [1.807, 2.05) is 6.92 Å². The molecule has 0 aliphatic rings. The molecule has 2 N–H and O–H groups in total. The van der Waals surface area contributed by atoms with Crippen LogP contribution in [0.5, 0.6) is 5.75 Å². The van der Waals surface area contributed by atoms with Gasteiger partial charge in [0.2, 0.25) is 0 Å². The molecule has 0 bridgehead atoms. The molecule has 1 aromatic heterocycles. The van der Waals surface area contributed by atoms with Crippen molar-refractivity contribution in [2.75, 3.05) is 7.11 Å². The van der Waals surface area contributed by atoms with Crippen LogP contribution >= 0.6 is 11.6 Å². The number of aryl methyl sites for hydroxylation is 1. The zero-order chi connectivity index (χ0) is 25.0. The van der Waals surface area contributed by atoms with Crippen LogP contribution in [-0.4, -0.2) is 29.1 Å². The predicted octanol–water partition coefficient (Wildman–Crippen LogP) is 5.68. The number of amides is 1. The second kappa shape index (κ2) is 10.1. The Balaban J connectivity index is 2.00. The summed E-state index contributed by atoms with van der Waals surface area (Å²) in [6.45, 7) is 1.87. The lowest BCUT2D eigenvalue weighted by atomic mass is 10.0. The van der Waals surface area contributed by atoms with Crippen LogP contribution in [0.25, 0.3) is 11.3 Å². The fourth-order valence-electron chi connectivity index (χ4n) is 3.27. The van der Waals surface area contributed by atoms with Crippen LogP contribution in [0.1, 0.15) is 39.6 Å². The van der Waals surface area contributed by atoms with E-state index in [0.717, 1.165) is 23.8 Å². The normalized spacial score (nSPS) is 12.2. The Morgan fingerprint density at radius 1 is 1.12 bits per heavy atom. The number of carboxylic acid groups (broad SMARTS) is 1. The first-order valence-corrected chi connectivity index (χ1v) is 10.4. The molecule has 0 saturated carbocycles. The third kappa shape index (κ3) is 5.85. The number of aromatic nitrogens is 1. The van der Waals surface area contributed by atoms with Crippen molar-refractivity contribution in [3.05, 3.63) is 82.0 Å². The summed E-state index contributed by atoms with van der Waals surface area (Å²) in [7, 11) is 1.31. The lowest BCUT2D eigenvalue weighted by molar-refractivity contribution is -0.138. The summed E-state index contributed by atoms with van der Waals surface area (Å²) in [6, 6.07) is 11.6. The average Bonchev–Trinajstić information content (AvgIpc) is 2.78. The molecule has 0 fully saturated rings. The summed E-state index contributed by atoms with van der Waals surface area (Å²) >= 11 is 6.15. The Bertz CT molecular complexity index is 1210. The largest absolute Gasteiger partial charge is 0.494 e. The van der Waals surface area contributed by atoms with Crippen LogP contribution in [0.2, 0.25) is 5.02 Å². The number of rotatable bonds is 7. The highest BCUT2D eigenvalue weighted by Gasteiger charge is 2.31. The highest BCUT2D eigenvalue weighted by molar-refractivity contribution is 6.33. The summed E-state index contributed by atoms with van der Waals surface area (Å²) in [5, 5.41) is 11.9. The van der Waals surface area contributed by atoms with Gasteiger partial charge in [-0.2, -0.15) is 13.2 Å². The molecule has 3 rings (SSSR count). The molecular formula is C24H20ClF3N2O4. The van der Waals surface area contributed by atoms with E-state index in [-0.39, 0.29) is 34.1 Å². The Kier molecular flexibility index (Phi) is 7.46. The molecule has 0 aliphatic carbocycles. The predicted molar refractivity (Wildman–Crippen MR) is 120 cm³/mol. The molecule has 2 aromatic carbocycles. The van der Waals surface area contributed by atoms with E-state index in [9.17, 15) is 27.9 Å². The van der Waals surface area contributed by atoms with Crippen LogP contribution in [0.15, 0.2) is 54.6 Å². The van der Waals surface area contributed by atoms with Crippen molar-refractivity contribution in [3.8, 4) is 17.0 Å². The summed E-state index contributed by atoms with van der Waals surface area (Å²) in [6.07, 6.45) is -4.99. The fraction of sp³-hybridized carbons (Fsp3) is 0.208. The quantitative estimate of drug-likeness (QED) is 0.443. The van der Waals surface area contributed by atoms with Gasteiger partial charge in [-0.25, -0.2) is 4.98 Å². The molecule has 1 amide bonds. The zero-order valence-corrected chi connectivity index (χ0v) is 18.9. The van der Waals surface area contributed by atoms with Crippen molar-refractivity contribution < 1.29 is 32.6 Å². The van der Waals surface area contributed by atoms with E-state index in [2.05, 4.69) is 10.3 Å². The van der Waals surface area contributed by atoms with Gasteiger partial charge < -0.3 is 15.2 Å². The summed E-state index contributed by atoms with van der Waals surface area (Å²) < 4.78 is 44.9. The van der Waals surface area contributed by atoms with Gasteiger partial charge in [-0.1, -0.05) is 41.4 Å². The number of hydrogen-bond acceptors (Lipinski definition) is 4. The molecule has 3 aromatic rings. The highest BCUT2D eigenvalue weighted by atomic mass is 35.5. The molecule has 0 saturated heterocycles. The number of nitrogens with one attached hydrogen (secondary N) is 1. The first-order valence-electron chi connectivity index (χ1n) is 10.0. The first-order chi connectivity index (χ1) is 16.0. The average molecular weight is 493 g/mol. The Morgan fingerprint density at radius 3 is 2.38 bits per heavy atom. The van der Waals surface area contributed by atoms with Gasteiger partial charge in [0.1, 0.15) is 17.1 Å². The highest BCUT2D eigenvalue weighted by Crippen LogP contribution is 2.38. The van der Waals surface area contributed by atoms with Crippen LogP contribution in [0, 0.1) is 6.92 Å². The van der Waals surface area contributed by atoms with Gasteiger partial charge in [-0.3, -0.25) is 9.59 Å². The zero-order valence-electron chi connectivity index (χ0n) is 18.1. The third-order valence-corrected chi connectivity index (χ3v) is 5.35. The Morgan fingerprint density at radius 2 is 1.79 bits per heavy atom. The third-order valence-electron chi connectivity index (χ3n) is 5.02. The second-order valence-electron chi connectivity index (χ2n) is 7.47. The van der Waals surface area contributed by atoms with E-state index < -0.39 is 29.7 Å². The number of pyridine rings is 1. The minimum Gasteiger partial charge on any atom is -0.494 e. The van der Waals surface area contributed by atoms with Crippen molar-refractivity contribution in [2.45, 2.75) is 25.6 Å². The summed E-state index contributed by atoms with van der Waals surface area (Å²) in [4.78, 5) is 28.5. The second-order valence-corrected chi connectivity index (χ2v) is 7.88. The summed E-state index contributed by atoms with van der Waals surface area (Å²) in [5.74, 6) is -1.72. The molecule has 1 heterocycles. The van der Waals surface area contributed by atoms with Crippen molar-refractivity contribution in [3.63, 3.8) is 0 Å². The summed E-state index contributed by atoms with van der Waals surface area (Å²) in [5.41, 5.74) is 0.331. The molecule has 34 heavy (non-hydrogen) atoms. The number of hydrogen-bond donors (Lipinski definition) is 2. The molecule has 0 aliphatic heterocycles. The van der Waals surface area contributed by atoms with E-state index in [1.54, 1.807) is 24.3 Å². The van der Waals surface area contributed by atoms with E-state index in [4.69, 9.17) is 16.3 Å². The number of halogens is 4. The lowest BCUT2D eigenvalue weighted by Gasteiger charge is -2.18. The van der Waals surface area contributed by atoms with E-state index in [1.165, 1.54) is 19.2 Å². The van der Waals surface area contributed by atoms with E-state index >= 15 is 0 Å². The maximum absolute atomic E-state index is 13.2. The number of benzene rings is 2. The van der Waals surface area contributed by atoms with Gasteiger partial charge >= 0.3 is 12.1 Å². The Hall–Kier alpha value is -3.59. The van der Waals surface area contributed by atoms with Crippen molar-refractivity contribution in [1.82, 2.24) is 10.3 Å². The molecule has 178 valence electrons. The van der Waals surface area contributed by atoms with Gasteiger partial charge in [0.15, 0.2) is 0 Å². The maximum Gasteiger partial charge on any atom is 0.416 e. The van der Waals surface area contributed by atoms with Gasteiger partial charge in [-0.15, -0.1) is 0 Å². The minimum atomic E-state index is -4.61. The van der Waals surface area contributed by atoms with Crippen LogP contribution in [0.3, 0.4) is 0 Å². The number of carbonyl (C=O) groups is 2. The molecule has 0 radical (unpaired) electrons. The molecule has 10 heteroatoms. The molecule has 6 nitrogen and oxygen atoms in total. The van der Waals surface area contributed by atoms with Gasteiger partial charge in [0.25, 0.3) is 5.91 Å². The molecular weight excluding hydrogens is 473 g/mol. The molecule has 1 atom stereocenters. The topological polar surface area (TPSA) is 88.5 Å². The van der Waals surface area contributed by atoms with Crippen molar-refractivity contribution in [1.29, 1.82) is 0 Å². The van der Waals surface area contributed by atoms with Gasteiger partial charge in [0, 0.05) is 5.56 Å². The first kappa shape index (κ1) is 25.0. The van der Waals surface area contributed by atoms with Crippen molar-refractivity contribution >= 4 is 23.5 Å². The minimum absolute atomic E-state index is 0.0141. The smallest absolute Gasteiger partial charge is 0.416 e. The van der Waals surface area contributed by atoms with Crippen molar-refractivity contribution in [2.24, 2.45) is 0 Å². The number of carboxylic acids is 1. The number of ether oxygens (including phenoxy) is 1. The maximum atomic E-state index is 13.2. The number of alkyl halides is 3. The van der Waals surface area contributed by atoms with E-state index in [0.29, 0.717) is 5.56 Å². The fourth-order valence-corrected chi connectivity index (χ4v) is 3.48. The lowest BCUT2D eigenvalue weighted by Crippen LogP contribution is -2.31. The number of methoxy groups -OCH3 is 1. The molecule has 0 spiro atoms.